The Bertz CT molecular complexity index is 109. The van der Waals surface area contributed by atoms with Crippen LogP contribution in [0.5, 0.6) is 0 Å². The van der Waals surface area contributed by atoms with E-state index in [0.29, 0.717) is 26.4 Å². The topological polar surface area (TPSA) is 53.7 Å². The first-order valence-electron chi connectivity index (χ1n) is 4.60. The molecule has 80 valence electrons. The highest BCUT2D eigenvalue weighted by atomic mass is 16.5. The van der Waals surface area contributed by atoms with Crippen molar-refractivity contribution in [2.24, 2.45) is 5.73 Å². The molecule has 0 fully saturated rings. The van der Waals surface area contributed by atoms with Crippen LogP contribution in [0.3, 0.4) is 0 Å². The second-order valence-corrected chi connectivity index (χ2v) is 3.21. The van der Waals surface area contributed by atoms with Gasteiger partial charge in [0.15, 0.2) is 0 Å². The van der Waals surface area contributed by atoms with Gasteiger partial charge in [-0.3, -0.25) is 0 Å². The standard InChI is InChI=1S/C9H21NO3/c1-8(2)13-7-9(10)6-12-5-4-11-3/h8-9H,4-7,10H2,1-3H3. The van der Waals surface area contributed by atoms with Crippen LogP contribution in [0.4, 0.5) is 0 Å². The van der Waals surface area contributed by atoms with Crippen molar-refractivity contribution in [3.63, 3.8) is 0 Å². The summed E-state index contributed by atoms with van der Waals surface area (Å²) in [5, 5.41) is 0. The first-order chi connectivity index (χ1) is 6.16. The van der Waals surface area contributed by atoms with Crippen LogP contribution < -0.4 is 5.73 Å². The molecule has 4 heteroatoms. The predicted molar refractivity (Wildman–Crippen MR) is 51.8 cm³/mol. The second kappa shape index (κ2) is 8.44. The quantitative estimate of drug-likeness (QED) is 0.564. The Morgan fingerprint density at radius 3 is 2.38 bits per heavy atom. The van der Waals surface area contributed by atoms with Crippen LogP contribution in [-0.2, 0) is 14.2 Å². The van der Waals surface area contributed by atoms with E-state index in [4.69, 9.17) is 19.9 Å². The van der Waals surface area contributed by atoms with Gasteiger partial charge in [0.25, 0.3) is 0 Å². The highest BCUT2D eigenvalue weighted by molar-refractivity contribution is 4.58. The summed E-state index contributed by atoms with van der Waals surface area (Å²) in [5.74, 6) is 0. The largest absolute Gasteiger partial charge is 0.382 e. The average Bonchev–Trinajstić information content (AvgIpc) is 2.09. The molecule has 0 aliphatic rings. The molecule has 1 atom stereocenters. The molecule has 0 saturated carbocycles. The lowest BCUT2D eigenvalue weighted by atomic mass is 10.3. The van der Waals surface area contributed by atoms with Crippen LogP contribution >= 0.6 is 0 Å². The Balaban J connectivity index is 3.15. The molecule has 0 aliphatic heterocycles. The van der Waals surface area contributed by atoms with Crippen molar-refractivity contribution in [1.82, 2.24) is 0 Å². The Hall–Kier alpha value is -0.160. The van der Waals surface area contributed by atoms with Gasteiger partial charge in [0.2, 0.25) is 0 Å². The molecular weight excluding hydrogens is 170 g/mol. The number of rotatable bonds is 8. The molecule has 0 rings (SSSR count). The summed E-state index contributed by atoms with van der Waals surface area (Å²) in [6.07, 6.45) is 0.227. The van der Waals surface area contributed by atoms with E-state index in [-0.39, 0.29) is 12.1 Å². The summed E-state index contributed by atoms with van der Waals surface area (Å²) in [6.45, 7) is 6.24. The van der Waals surface area contributed by atoms with E-state index in [1.807, 2.05) is 13.8 Å². The van der Waals surface area contributed by atoms with Gasteiger partial charge in [-0.2, -0.15) is 0 Å². The smallest absolute Gasteiger partial charge is 0.0701 e. The van der Waals surface area contributed by atoms with E-state index in [1.165, 1.54) is 0 Å². The van der Waals surface area contributed by atoms with Gasteiger partial charge in [-0.25, -0.2) is 0 Å². The van der Waals surface area contributed by atoms with Crippen molar-refractivity contribution in [1.29, 1.82) is 0 Å². The lowest BCUT2D eigenvalue weighted by Crippen LogP contribution is -2.33. The highest BCUT2D eigenvalue weighted by Crippen LogP contribution is 1.90. The van der Waals surface area contributed by atoms with Gasteiger partial charge in [-0.15, -0.1) is 0 Å². The van der Waals surface area contributed by atoms with Gasteiger partial charge < -0.3 is 19.9 Å². The number of hydrogen-bond acceptors (Lipinski definition) is 4. The first-order valence-corrected chi connectivity index (χ1v) is 4.60. The van der Waals surface area contributed by atoms with Crippen LogP contribution in [0.25, 0.3) is 0 Å². The summed E-state index contributed by atoms with van der Waals surface area (Å²) >= 11 is 0. The number of hydrogen-bond donors (Lipinski definition) is 1. The summed E-state index contributed by atoms with van der Waals surface area (Å²) in [7, 11) is 1.64. The number of methoxy groups -OCH3 is 1. The SMILES string of the molecule is COCCOCC(N)COC(C)C. The van der Waals surface area contributed by atoms with Crippen LogP contribution in [0, 0.1) is 0 Å². The fourth-order valence-electron chi connectivity index (χ4n) is 0.741. The first kappa shape index (κ1) is 12.8. The second-order valence-electron chi connectivity index (χ2n) is 3.21. The molecule has 0 radical (unpaired) electrons. The van der Waals surface area contributed by atoms with Crippen molar-refractivity contribution in [3.8, 4) is 0 Å². The number of ether oxygens (including phenoxy) is 3. The molecule has 1 unspecified atom stereocenters. The molecular formula is C9H21NO3. The zero-order valence-corrected chi connectivity index (χ0v) is 8.79. The Morgan fingerprint density at radius 1 is 1.15 bits per heavy atom. The lowest BCUT2D eigenvalue weighted by molar-refractivity contribution is 0.0245. The maximum absolute atomic E-state index is 5.71. The molecule has 4 nitrogen and oxygen atoms in total. The molecule has 0 spiro atoms. The van der Waals surface area contributed by atoms with E-state index >= 15 is 0 Å². The number of nitrogens with two attached hydrogens (primary N) is 1. The van der Waals surface area contributed by atoms with E-state index in [9.17, 15) is 0 Å². The van der Waals surface area contributed by atoms with Crippen molar-refractivity contribution in [3.05, 3.63) is 0 Å². The summed E-state index contributed by atoms with van der Waals surface area (Å²) in [6, 6.07) is -0.0424. The van der Waals surface area contributed by atoms with Gasteiger partial charge in [-0.1, -0.05) is 0 Å². The van der Waals surface area contributed by atoms with Gasteiger partial charge in [0, 0.05) is 7.11 Å². The van der Waals surface area contributed by atoms with Crippen molar-refractivity contribution >= 4 is 0 Å². The highest BCUT2D eigenvalue weighted by Gasteiger charge is 2.03. The Morgan fingerprint density at radius 2 is 1.85 bits per heavy atom. The minimum absolute atomic E-state index is 0.0424. The maximum Gasteiger partial charge on any atom is 0.0701 e. The molecule has 2 N–H and O–H groups in total. The Labute approximate surface area is 80.3 Å². The van der Waals surface area contributed by atoms with E-state index in [2.05, 4.69) is 0 Å². The molecule has 0 amide bonds. The van der Waals surface area contributed by atoms with Crippen molar-refractivity contribution < 1.29 is 14.2 Å². The zero-order valence-electron chi connectivity index (χ0n) is 8.79. The minimum Gasteiger partial charge on any atom is -0.382 e. The molecule has 0 saturated heterocycles. The van der Waals surface area contributed by atoms with E-state index in [1.54, 1.807) is 7.11 Å². The van der Waals surface area contributed by atoms with E-state index in [0.717, 1.165) is 0 Å². The molecule has 0 heterocycles. The van der Waals surface area contributed by atoms with Crippen LogP contribution in [0.15, 0.2) is 0 Å². The third-order valence-electron chi connectivity index (χ3n) is 1.41. The van der Waals surface area contributed by atoms with Crippen molar-refractivity contribution in [2.45, 2.75) is 26.0 Å². The Kier molecular flexibility index (Phi) is 8.33. The monoisotopic (exact) mass is 191 g/mol. The zero-order chi connectivity index (χ0) is 10.1. The van der Waals surface area contributed by atoms with Gasteiger partial charge in [0.1, 0.15) is 0 Å². The van der Waals surface area contributed by atoms with Crippen LogP contribution in [0.1, 0.15) is 13.8 Å². The molecule has 0 bridgehead atoms. The summed E-state index contributed by atoms with van der Waals surface area (Å²) < 4.78 is 15.4. The van der Waals surface area contributed by atoms with Gasteiger partial charge >= 0.3 is 0 Å². The van der Waals surface area contributed by atoms with E-state index < -0.39 is 0 Å². The van der Waals surface area contributed by atoms with Crippen molar-refractivity contribution in [2.75, 3.05) is 33.5 Å². The van der Waals surface area contributed by atoms with Gasteiger partial charge in [-0.05, 0) is 13.8 Å². The molecule has 0 aliphatic carbocycles. The minimum atomic E-state index is -0.0424. The lowest BCUT2D eigenvalue weighted by Gasteiger charge is -2.14. The summed E-state index contributed by atoms with van der Waals surface area (Å²) in [4.78, 5) is 0. The third kappa shape index (κ3) is 9.76. The molecule has 13 heavy (non-hydrogen) atoms. The van der Waals surface area contributed by atoms with Crippen LogP contribution in [-0.4, -0.2) is 45.7 Å². The summed E-state index contributed by atoms with van der Waals surface area (Å²) in [5.41, 5.74) is 5.71. The average molecular weight is 191 g/mol. The normalized spacial score (nSPS) is 13.6. The molecule has 0 aromatic heterocycles. The fraction of sp³-hybridized carbons (Fsp3) is 1.00. The predicted octanol–water partition coefficient (Wildman–Crippen LogP) is 0.402. The molecule has 0 aromatic carbocycles. The van der Waals surface area contributed by atoms with Gasteiger partial charge in [0.05, 0.1) is 38.6 Å². The van der Waals surface area contributed by atoms with Crippen LogP contribution in [0.2, 0.25) is 0 Å². The maximum atomic E-state index is 5.71. The fourth-order valence-corrected chi connectivity index (χ4v) is 0.741. The third-order valence-corrected chi connectivity index (χ3v) is 1.41. The molecule has 0 aromatic rings.